The third kappa shape index (κ3) is 18.1. The maximum Gasteiger partial charge on any atom is 0.307 e. The number of anilines is 2. The predicted molar refractivity (Wildman–Crippen MR) is 173 cm³/mol. The summed E-state index contributed by atoms with van der Waals surface area (Å²) in [6, 6.07) is 5.73. The number of hydrogen-bond acceptors (Lipinski definition) is 11. The van der Waals surface area contributed by atoms with Gasteiger partial charge in [0.05, 0.1) is 64.3 Å². The third-order valence-corrected chi connectivity index (χ3v) is 6.82. The van der Waals surface area contributed by atoms with Crippen LogP contribution in [-0.4, -0.2) is 100 Å². The number of nitrogens with zero attached hydrogens (tertiary/aromatic N) is 1. The van der Waals surface area contributed by atoms with Gasteiger partial charge in [0, 0.05) is 24.5 Å². The van der Waals surface area contributed by atoms with E-state index in [2.05, 4.69) is 4.90 Å². The number of nitrogens with two attached hydrogens (primary N) is 1. The summed E-state index contributed by atoms with van der Waals surface area (Å²) in [5.41, 5.74) is 8.55. The molecule has 2 unspecified atom stereocenters. The average molecular weight is 651 g/mol. The number of carboxylic acids is 2. The monoisotopic (exact) mass is 650 g/mol. The van der Waals surface area contributed by atoms with Crippen molar-refractivity contribution in [3.63, 3.8) is 0 Å². The number of carboxylic acid groups (broad SMARTS) is 2. The minimum atomic E-state index is -1.04. The Balaban J connectivity index is 2.35. The summed E-state index contributed by atoms with van der Waals surface area (Å²) in [6.07, 6.45) is 7.03. The summed E-state index contributed by atoms with van der Waals surface area (Å²) < 4.78 is 27.0. The fourth-order valence-electron chi connectivity index (χ4n) is 4.09. The highest BCUT2D eigenvalue weighted by Crippen LogP contribution is 2.20. The van der Waals surface area contributed by atoms with Crippen molar-refractivity contribution in [1.82, 2.24) is 0 Å². The number of carbonyl (C=O) groups is 4. The second kappa shape index (κ2) is 24.3. The van der Waals surface area contributed by atoms with Crippen molar-refractivity contribution in [2.24, 2.45) is 11.8 Å². The fraction of sp³-hybridized carbons (Fsp3) is 0.576. The van der Waals surface area contributed by atoms with E-state index in [0.717, 1.165) is 11.3 Å². The van der Waals surface area contributed by atoms with Gasteiger partial charge in [0.25, 0.3) is 0 Å². The number of benzene rings is 1. The van der Waals surface area contributed by atoms with E-state index in [-0.39, 0.29) is 52.1 Å². The smallest absolute Gasteiger partial charge is 0.307 e. The zero-order valence-corrected chi connectivity index (χ0v) is 27.2. The maximum absolute atomic E-state index is 12.0. The van der Waals surface area contributed by atoms with Crippen LogP contribution in [0.4, 0.5) is 11.4 Å². The molecule has 0 aromatic heterocycles. The van der Waals surface area contributed by atoms with Crippen molar-refractivity contribution in [3.05, 3.63) is 48.1 Å². The van der Waals surface area contributed by atoms with Gasteiger partial charge in [-0.05, 0) is 57.4 Å². The van der Waals surface area contributed by atoms with Gasteiger partial charge in [-0.15, -0.1) is 0 Å². The first-order chi connectivity index (χ1) is 22.1. The van der Waals surface area contributed by atoms with E-state index in [9.17, 15) is 29.4 Å². The molecule has 1 aromatic carbocycles. The van der Waals surface area contributed by atoms with E-state index >= 15 is 0 Å². The molecule has 0 saturated heterocycles. The molecule has 1 aromatic rings. The zero-order chi connectivity index (χ0) is 34.2. The highest BCUT2D eigenvalue weighted by atomic mass is 16.6. The lowest BCUT2D eigenvalue weighted by molar-refractivity contribution is -0.152. The summed E-state index contributed by atoms with van der Waals surface area (Å²) in [4.78, 5) is 48.6. The van der Waals surface area contributed by atoms with Crippen LogP contribution in [0.1, 0.15) is 45.1 Å². The average Bonchev–Trinajstić information content (AvgIpc) is 3.02. The van der Waals surface area contributed by atoms with E-state index in [1.165, 1.54) is 0 Å². The van der Waals surface area contributed by atoms with Crippen LogP contribution in [0, 0.1) is 18.8 Å². The molecule has 0 amide bonds. The standard InChI is InChI=1S/C33H50N2O11/c1-4-6-8-26(32(38)39)23-30(36)45-20-18-43-15-13-35(28-10-11-29(34)25(3)22-28)12-14-42-16-17-44-19-21-46-31(37)24-27(33(40)41)9-7-5-2/h4-7,10-11,22,26-27H,8-9,12-21,23-24,34H2,1-3H3,(H,38,39)(H,40,41)/b6-4+,7-5+. The molecule has 0 heterocycles. The Morgan fingerprint density at radius 2 is 1.17 bits per heavy atom. The first-order valence-corrected chi connectivity index (χ1v) is 15.4. The molecule has 0 radical (unpaired) electrons. The Labute approximate surface area is 271 Å². The third-order valence-electron chi connectivity index (χ3n) is 6.82. The summed E-state index contributed by atoms with van der Waals surface area (Å²) in [5.74, 6) is -4.87. The van der Waals surface area contributed by atoms with Gasteiger partial charge in [-0.1, -0.05) is 24.3 Å². The van der Waals surface area contributed by atoms with Gasteiger partial charge >= 0.3 is 23.9 Å². The van der Waals surface area contributed by atoms with E-state index in [0.29, 0.717) is 45.2 Å². The summed E-state index contributed by atoms with van der Waals surface area (Å²) in [6.45, 7) is 8.35. The molecule has 0 fully saturated rings. The van der Waals surface area contributed by atoms with Gasteiger partial charge in [0.2, 0.25) is 0 Å². The van der Waals surface area contributed by atoms with Crippen LogP contribution in [0.2, 0.25) is 0 Å². The molecule has 0 saturated carbocycles. The van der Waals surface area contributed by atoms with E-state index < -0.39 is 35.7 Å². The molecular weight excluding hydrogens is 600 g/mol. The molecular formula is C33H50N2O11. The van der Waals surface area contributed by atoms with Gasteiger partial charge in [0.1, 0.15) is 13.2 Å². The Bertz CT molecular complexity index is 1120. The van der Waals surface area contributed by atoms with Gasteiger partial charge in [-0.3, -0.25) is 19.2 Å². The van der Waals surface area contributed by atoms with E-state index in [4.69, 9.17) is 29.4 Å². The van der Waals surface area contributed by atoms with E-state index in [1.54, 1.807) is 38.2 Å². The van der Waals surface area contributed by atoms with Crippen LogP contribution in [0.15, 0.2) is 42.5 Å². The lowest BCUT2D eigenvalue weighted by Gasteiger charge is -2.25. The van der Waals surface area contributed by atoms with Crippen molar-refractivity contribution in [1.29, 1.82) is 0 Å². The first-order valence-electron chi connectivity index (χ1n) is 15.4. The quantitative estimate of drug-likeness (QED) is 0.0572. The van der Waals surface area contributed by atoms with Crippen LogP contribution >= 0.6 is 0 Å². The molecule has 4 N–H and O–H groups in total. The molecule has 0 bridgehead atoms. The Morgan fingerprint density at radius 3 is 1.59 bits per heavy atom. The number of nitrogen functional groups attached to an aromatic ring is 1. The van der Waals surface area contributed by atoms with Crippen LogP contribution < -0.4 is 10.6 Å². The van der Waals surface area contributed by atoms with Gasteiger partial charge in [-0.25, -0.2) is 0 Å². The number of carbonyl (C=O) groups excluding carboxylic acids is 2. The summed E-state index contributed by atoms with van der Waals surface area (Å²) in [7, 11) is 0. The van der Waals surface area contributed by atoms with Crippen LogP contribution in [0.25, 0.3) is 0 Å². The van der Waals surface area contributed by atoms with Gasteiger partial charge in [0.15, 0.2) is 0 Å². The maximum atomic E-state index is 12.0. The van der Waals surface area contributed by atoms with Crippen molar-refractivity contribution in [2.75, 3.05) is 76.6 Å². The molecule has 13 heteroatoms. The van der Waals surface area contributed by atoms with Crippen LogP contribution in [0.5, 0.6) is 0 Å². The van der Waals surface area contributed by atoms with E-state index in [1.807, 2.05) is 25.1 Å². The summed E-state index contributed by atoms with van der Waals surface area (Å²) >= 11 is 0. The van der Waals surface area contributed by atoms with Crippen molar-refractivity contribution < 1.29 is 53.1 Å². The molecule has 46 heavy (non-hydrogen) atoms. The second-order valence-electron chi connectivity index (χ2n) is 10.4. The normalized spacial score (nSPS) is 12.7. The molecule has 2 atom stereocenters. The number of aliphatic carboxylic acids is 2. The number of ether oxygens (including phenoxy) is 5. The Hall–Kier alpha value is -3.94. The largest absolute Gasteiger partial charge is 0.481 e. The Morgan fingerprint density at radius 1 is 0.739 bits per heavy atom. The number of rotatable bonds is 26. The van der Waals surface area contributed by atoms with Gasteiger partial charge in [-0.2, -0.15) is 0 Å². The highest BCUT2D eigenvalue weighted by molar-refractivity contribution is 5.79. The van der Waals surface area contributed by atoms with Crippen molar-refractivity contribution in [2.45, 2.75) is 46.5 Å². The molecule has 1 rings (SSSR count). The lowest BCUT2D eigenvalue weighted by atomic mass is 10.0. The molecule has 0 spiro atoms. The number of hydrogen-bond donors (Lipinski definition) is 3. The molecule has 0 aliphatic heterocycles. The minimum Gasteiger partial charge on any atom is -0.481 e. The highest BCUT2D eigenvalue weighted by Gasteiger charge is 2.21. The van der Waals surface area contributed by atoms with Crippen LogP contribution in [-0.2, 0) is 42.9 Å². The minimum absolute atomic E-state index is 0.0253. The molecule has 13 nitrogen and oxygen atoms in total. The topological polar surface area (TPSA) is 184 Å². The number of allylic oxidation sites excluding steroid dienone is 4. The Kier molecular flexibility index (Phi) is 21.2. The summed E-state index contributed by atoms with van der Waals surface area (Å²) in [5, 5.41) is 18.5. The second-order valence-corrected chi connectivity index (χ2v) is 10.4. The predicted octanol–water partition coefficient (Wildman–Crippen LogP) is 3.63. The number of aryl methyl sites for hydroxylation is 1. The van der Waals surface area contributed by atoms with Crippen molar-refractivity contribution >= 4 is 35.3 Å². The lowest BCUT2D eigenvalue weighted by Crippen LogP contribution is -2.31. The SMILES string of the molecule is C/C=C/CC(CC(=O)OCCOCCOCCN(CCOCCOC(=O)CC(C/C=C/C)C(=O)O)c1ccc(N)c(C)c1)C(=O)O. The zero-order valence-electron chi connectivity index (χ0n) is 27.2. The van der Waals surface area contributed by atoms with Gasteiger partial charge < -0.3 is 44.5 Å². The molecule has 258 valence electrons. The molecule has 0 aliphatic carbocycles. The first kappa shape index (κ1) is 40.1. The molecule has 0 aliphatic rings. The number of esters is 2. The fourth-order valence-corrected chi connectivity index (χ4v) is 4.09. The van der Waals surface area contributed by atoms with Crippen molar-refractivity contribution in [3.8, 4) is 0 Å². The van der Waals surface area contributed by atoms with Crippen LogP contribution in [0.3, 0.4) is 0 Å².